The van der Waals surface area contributed by atoms with Crippen molar-refractivity contribution < 1.29 is 13.2 Å². The van der Waals surface area contributed by atoms with Crippen LogP contribution >= 0.6 is 11.6 Å². The summed E-state index contributed by atoms with van der Waals surface area (Å²) in [7, 11) is -0.202. The van der Waals surface area contributed by atoms with Crippen molar-refractivity contribution in [2.75, 3.05) is 33.1 Å². The highest BCUT2D eigenvalue weighted by Crippen LogP contribution is 2.34. The number of ether oxygens (including phenoxy) is 1. The Labute approximate surface area is 153 Å². The van der Waals surface area contributed by atoms with E-state index in [2.05, 4.69) is 4.98 Å². The van der Waals surface area contributed by atoms with E-state index >= 15 is 0 Å². The van der Waals surface area contributed by atoms with Crippen molar-refractivity contribution >= 4 is 21.6 Å². The van der Waals surface area contributed by atoms with Crippen LogP contribution in [0.25, 0.3) is 11.4 Å². The van der Waals surface area contributed by atoms with Gasteiger partial charge in [-0.1, -0.05) is 17.7 Å². The number of sulfonamides is 1. The Morgan fingerprint density at radius 2 is 2.12 bits per heavy atom. The van der Waals surface area contributed by atoms with E-state index in [1.165, 1.54) is 4.31 Å². The summed E-state index contributed by atoms with van der Waals surface area (Å²) in [6, 6.07) is 5.73. The fraction of sp³-hybridized carbons (Fsp3) is 0.471. The van der Waals surface area contributed by atoms with Crippen LogP contribution in [0.3, 0.4) is 0 Å². The summed E-state index contributed by atoms with van der Waals surface area (Å²) in [5, 5.41) is 0.629. The van der Waals surface area contributed by atoms with E-state index in [4.69, 9.17) is 16.3 Å². The van der Waals surface area contributed by atoms with E-state index in [1.807, 2.05) is 35.9 Å². The van der Waals surface area contributed by atoms with Crippen LogP contribution in [0, 0.1) is 12.8 Å². The fourth-order valence-electron chi connectivity index (χ4n) is 3.06. The van der Waals surface area contributed by atoms with Gasteiger partial charge in [0.1, 0.15) is 5.82 Å². The molecule has 0 amide bonds. The molecule has 0 N–H and O–H groups in total. The molecule has 0 radical (unpaired) electrons. The Morgan fingerprint density at radius 3 is 2.80 bits per heavy atom. The van der Waals surface area contributed by atoms with Crippen LogP contribution in [0.15, 0.2) is 30.6 Å². The summed E-state index contributed by atoms with van der Waals surface area (Å²) in [6.45, 7) is 2.85. The van der Waals surface area contributed by atoms with Crippen LogP contribution in [0.4, 0.5) is 0 Å². The lowest BCUT2D eigenvalue weighted by Crippen LogP contribution is -2.32. The van der Waals surface area contributed by atoms with Crippen LogP contribution in [0.2, 0.25) is 5.02 Å². The van der Waals surface area contributed by atoms with Gasteiger partial charge in [-0.25, -0.2) is 17.7 Å². The van der Waals surface area contributed by atoms with Gasteiger partial charge >= 0.3 is 0 Å². The molecule has 8 heteroatoms. The second-order valence-electron chi connectivity index (χ2n) is 6.57. The minimum atomic E-state index is -3.30. The van der Waals surface area contributed by atoms with Crippen molar-refractivity contribution in [3.63, 3.8) is 0 Å². The molecule has 2 aromatic rings. The molecule has 2 heterocycles. The first-order valence-electron chi connectivity index (χ1n) is 8.07. The normalized spacial score (nSPS) is 21.2. The van der Waals surface area contributed by atoms with Crippen molar-refractivity contribution in [2.24, 2.45) is 5.92 Å². The summed E-state index contributed by atoms with van der Waals surface area (Å²) in [5.74, 6) is 0.640. The van der Waals surface area contributed by atoms with E-state index < -0.39 is 10.0 Å². The zero-order valence-electron chi connectivity index (χ0n) is 14.5. The molecular weight excluding hydrogens is 362 g/mol. The van der Waals surface area contributed by atoms with Crippen molar-refractivity contribution in [2.45, 2.75) is 13.0 Å². The molecule has 136 valence electrons. The van der Waals surface area contributed by atoms with Gasteiger partial charge in [0.25, 0.3) is 0 Å². The van der Waals surface area contributed by atoms with Crippen LogP contribution in [0.1, 0.15) is 11.6 Å². The highest BCUT2D eigenvalue weighted by atomic mass is 35.5. The van der Waals surface area contributed by atoms with Gasteiger partial charge in [0.2, 0.25) is 10.0 Å². The van der Waals surface area contributed by atoms with E-state index in [9.17, 15) is 8.42 Å². The molecule has 1 saturated heterocycles. The van der Waals surface area contributed by atoms with E-state index in [-0.39, 0.29) is 17.7 Å². The first-order valence-corrected chi connectivity index (χ1v) is 10.1. The number of halogens is 1. The van der Waals surface area contributed by atoms with Gasteiger partial charge in [-0.15, -0.1) is 0 Å². The molecule has 1 aromatic carbocycles. The highest BCUT2D eigenvalue weighted by molar-refractivity contribution is 7.89. The maximum absolute atomic E-state index is 12.3. The van der Waals surface area contributed by atoms with Gasteiger partial charge in [-0.2, -0.15) is 0 Å². The number of hydrogen-bond acceptors (Lipinski definition) is 4. The summed E-state index contributed by atoms with van der Waals surface area (Å²) >= 11 is 6.40. The van der Waals surface area contributed by atoms with Gasteiger partial charge in [0, 0.05) is 38.0 Å². The second kappa shape index (κ2) is 7.07. The Hall–Kier alpha value is -1.41. The van der Waals surface area contributed by atoms with Gasteiger partial charge in [-0.3, -0.25) is 0 Å². The smallest absolute Gasteiger partial charge is 0.214 e. The number of nitrogens with zero attached hydrogens (tertiary/aromatic N) is 3. The molecule has 1 aliphatic heterocycles. The van der Waals surface area contributed by atoms with Crippen LogP contribution in [-0.2, 0) is 14.8 Å². The number of rotatable bonds is 5. The fourth-order valence-corrected chi connectivity index (χ4v) is 4.54. The van der Waals surface area contributed by atoms with Crippen molar-refractivity contribution in [1.29, 1.82) is 0 Å². The summed E-state index contributed by atoms with van der Waals surface area (Å²) in [5.41, 5.74) is 1.91. The number of benzene rings is 1. The maximum atomic E-state index is 12.3. The average Bonchev–Trinajstić information content (AvgIpc) is 3.15. The van der Waals surface area contributed by atoms with Crippen LogP contribution in [0.5, 0.6) is 0 Å². The third kappa shape index (κ3) is 3.74. The van der Waals surface area contributed by atoms with Gasteiger partial charge in [-0.05, 0) is 24.6 Å². The van der Waals surface area contributed by atoms with E-state index in [0.717, 1.165) is 17.0 Å². The molecule has 2 atom stereocenters. The zero-order chi connectivity index (χ0) is 18.2. The molecule has 1 aliphatic rings. The molecule has 1 fully saturated rings. The molecule has 0 unspecified atom stereocenters. The minimum absolute atomic E-state index is 0.0456. The van der Waals surface area contributed by atoms with Crippen molar-refractivity contribution in [1.82, 2.24) is 13.9 Å². The zero-order valence-corrected chi connectivity index (χ0v) is 16.1. The minimum Gasteiger partial charge on any atom is -0.379 e. The summed E-state index contributed by atoms with van der Waals surface area (Å²) in [4.78, 5) is 4.45. The number of imidazole rings is 1. The molecule has 6 nitrogen and oxygen atoms in total. The van der Waals surface area contributed by atoms with Crippen LogP contribution in [-0.4, -0.2) is 55.3 Å². The van der Waals surface area contributed by atoms with Gasteiger partial charge in [0.15, 0.2) is 0 Å². The topological polar surface area (TPSA) is 64.4 Å². The van der Waals surface area contributed by atoms with E-state index in [1.54, 1.807) is 20.3 Å². The SMILES string of the molecule is Cc1ccc(-c2nccn2[C@@H]2COC[C@H]2CS(=O)(=O)N(C)C)c(Cl)c1. The molecule has 1 aromatic heterocycles. The number of aryl methyl sites for hydroxylation is 1. The molecule has 0 saturated carbocycles. The third-order valence-corrected chi connectivity index (χ3v) is 6.81. The monoisotopic (exact) mass is 383 g/mol. The standard InChI is InChI=1S/C17H22ClN3O3S/c1-12-4-5-14(15(18)8-12)17-19-6-7-21(17)16-10-24-9-13(16)11-25(22,23)20(2)3/h4-8,13,16H,9-11H2,1-3H3/t13-,16+/m0/s1. The molecule has 25 heavy (non-hydrogen) atoms. The Bertz CT molecular complexity index is 864. The predicted molar refractivity (Wildman–Crippen MR) is 98.2 cm³/mol. The van der Waals surface area contributed by atoms with Crippen molar-refractivity contribution in [3.8, 4) is 11.4 Å². The van der Waals surface area contributed by atoms with Crippen LogP contribution < -0.4 is 0 Å². The maximum Gasteiger partial charge on any atom is 0.214 e. The first kappa shape index (κ1) is 18.4. The Kier molecular flexibility index (Phi) is 5.20. The summed E-state index contributed by atoms with van der Waals surface area (Å²) < 4.78 is 33.4. The summed E-state index contributed by atoms with van der Waals surface area (Å²) in [6.07, 6.45) is 3.57. The quantitative estimate of drug-likeness (QED) is 0.796. The lowest BCUT2D eigenvalue weighted by Gasteiger charge is -2.23. The van der Waals surface area contributed by atoms with E-state index in [0.29, 0.717) is 18.2 Å². The Morgan fingerprint density at radius 1 is 1.36 bits per heavy atom. The largest absolute Gasteiger partial charge is 0.379 e. The van der Waals surface area contributed by atoms with Crippen molar-refractivity contribution in [3.05, 3.63) is 41.2 Å². The Balaban J connectivity index is 1.93. The second-order valence-corrected chi connectivity index (χ2v) is 9.20. The van der Waals surface area contributed by atoms with Gasteiger partial charge < -0.3 is 9.30 Å². The molecule has 0 aliphatic carbocycles. The third-order valence-electron chi connectivity index (χ3n) is 4.54. The average molecular weight is 384 g/mol. The lowest BCUT2D eigenvalue weighted by atomic mass is 10.1. The van der Waals surface area contributed by atoms with Gasteiger partial charge in [0.05, 0.1) is 30.0 Å². The predicted octanol–water partition coefficient (Wildman–Crippen LogP) is 2.59. The highest BCUT2D eigenvalue weighted by Gasteiger charge is 2.35. The molecule has 0 bridgehead atoms. The molecule has 0 spiro atoms. The first-order chi connectivity index (χ1) is 11.8. The number of aromatic nitrogens is 2. The molecular formula is C17H22ClN3O3S. The molecule has 3 rings (SSSR count). The number of hydrogen-bond donors (Lipinski definition) is 0. The lowest BCUT2D eigenvalue weighted by molar-refractivity contribution is 0.182.